The average Bonchev–Trinajstić information content (AvgIpc) is 2.68. The Balaban J connectivity index is 2.23. The number of benzene rings is 3. The van der Waals surface area contributed by atoms with E-state index >= 15 is 0 Å². The highest BCUT2D eigenvalue weighted by Crippen LogP contribution is 2.37. The summed E-state index contributed by atoms with van der Waals surface area (Å²) in [6.07, 6.45) is -0.321. The van der Waals surface area contributed by atoms with Crippen LogP contribution in [0.1, 0.15) is 24.2 Å². The molecule has 0 fully saturated rings. The van der Waals surface area contributed by atoms with Gasteiger partial charge in [-0.3, -0.25) is 10.1 Å². The van der Waals surface area contributed by atoms with E-state index < -0.39 is 27.5 Å². The molecule has 0 N–H and O–H groups in total. The number of nitrogens with zero attached hydrogens (tertiary/aromatic N) is 2. The van der Waals surface area contributed by atoms with Crippen molar-refractivity contribution >= 4 is 56.3 Å². The van der Waals surface area contributed by atoms with E-state index in [-0.39, 0.29) is 28.1 Å². The number of thiol groups is 1. The van der Waals surface area contributed by atoms with Crippen LogP contribution in [0, 0.1) is 10.1 Å². The predicted molar refractivity (Wildman–Crippen MR) is 115 cm³/mol. The first kappa shape index (κ1) is 21.5. The first-order valence-corrected chi connectivity index (χ1v) is 10.3. The normalized spacial score (nSPS) is 11.1. The molecule has 0 aromatic heterocycles. The zero-order valence-corrected chi connectivity index (χ0v) is 17.6. The van der Waals surface area contributed by atoms with Gasteiger partial charge in [-0.2, -0.15) is 0 Å². The Morgan fingerprint density at radius 2 is 1.77 bits per heavy atom. The van der Waals surface area contributed by atoms with Gasteiger partial charge in [0.1, 0.15) is 5.02 Å². The maximum absolute atomic E-state index is 12.5. The molecule has 0 atom stereocenters. The third-order valence-electron chi connectivity index (χ3n) is 4.23. The second-order valence-electron chi connectivity index (χ2n) is 6.57. The zero-order valence-electron chi connectivity index (χ0n) is 15.9. The highest BCUT2D eigenvalue weighted by atomic mass is 35.5. The molecule has 0 amide bonds. The summed E-state index contributed by atoms with van der Waals surface area (Å²) >= 11 is 5.85. The fourth-order valence-electron chi connectivity index (χ4n) is 3.02. The molecule has 30 heavy (non-hydrogen) atoms. The lowest BCUT2D eigenvalue weighted by molar-refractivity contribution is -0.384. The van der Waals surface area contributed by atoms with Gasteiger partial charge in [0.2, 0.25) is 10.9 Å². The van der Waals surface area contributed by atoms with Gasteiger partial charge in [0, 0.05) is 11.5 Å². The molecule has 0 radical (unpaired) electrons. The number of carbonyl (C=O) groups is 1. The molecule has 0 bridgehead atoms. The summed E-state index contributed by atoms with van der Waals surface area (Å²) in [6.45, 7) is 3.46. The summed E-state index contributed by atoms with van der Waals surface area (Å²) in [7, 11) is -3.22. The predicted octanol–water partition coefficient (Wildman–Crippen LogP) is 4.63. The fraction of sp³-hybridized carbons (Fsp3) is 0.150. The van der Waals surface area contributed by atoms with Crippen LogP contribution < -0.4 is 4.31 Å². The smallest absolute Gasteiger partial charge is 0.339 e. The van der Waals surface area contributed by atoms with E-state index in [1.807, 2.05) is 0 Å². The maximum atomic E-state index is 12.5. The van der Waals surface area contributed by atoms with Gasteiger partial charge in [0.05, 0.1) is 28.0 Å². The monoisotopic (exact) mass is 448 g/mol. The van der Waals surface area contributed by atoms with Crippen LogP contribution in [0.4, 0.5) is 17.1 Å². The van der Waals surface area contributed by atoms with Crippen LogP contribution in [0.25, 0.3) is 10.8 Å². The molecule has 0 spiro atoms. The summed E-state index contributed by atoms with van der Waals surface area (Å²) < 4.78 is 30.5. The molecule has 156 valence electrons. The van der Waals surface area contributed by atoms with Gasteiger partial charge < -0.3 is 4.74 Å². The molecule has 10 heteroatoms. The van der Waals surface area contributed by atoms with Crippen molar-refractivity contribution in [3.05, 3.63) is 75.3 Å². The number of rotatable bonds is 6. The molecule has 3 aromatic rings. The summed E-state index contributed by atoms with van der Waals surface area (Å²) in [5, 5.41) is 12.1. The molecule has 0 saturated carbocycles. The van der Waals surface area contributed by atoms with Crippen molar-refractivity contribution < 1.29 is 22.9 Å². The Labute approximate surface area is 178 Å². The number of anilines is 2. The Hall–Kier alpha value is -3.17. The van der Waals surface area contributed by atoms with Crippen molar-refractivity contribution in [3.8, 4) is 0 Å². The second-order valence-corrected chi connectivity index (χ2v) is 7.86. The van der Waals surface area contributed by atoms with Crippen molar-refractivity contribution in [1.82, 2.24) is 0 Å². The van der Waals surface area contributed by atoms with Gasteiger partial charge in [-0.15, -0.1) is 0 Å². The third kappa shape index (κ3) is 4.22. The number of esters is 1. The number of ether oxygens (including phenoxy) is 1. The molecule has 3 rings (SSSR count). The first-order valence-electron chi connectivity index (χ1n) is 8.81. The molecule has 8 nitrogen and oxygen atoms in total. The van der Waals surface area contributed by atoms with Crippen LogP contribution in [-0.2, 0) is 15.6 Å². The van der Waals surface area contributed by atoms with Crippen LogP contribution in [-0.4, -0.2) is 25.4 Å². The summed E-state index contributed by atoms with van der Waals surface area (Å²) in [6, 6.07) is 13.4. The minimum Gasteiger partial charge on any atom is -0.459 e. The first-order chi connectivity index (χ1) is 14.2. The maximum Gasteiger partial charge on any atom is 0.339 e. The van der Waals surface area contributed by atoms with Crippen molar-refractivity contribution in [1.29, 1.82) is 0 Å². The van der Waals surface area contributed by atoms with E-state index in [1.165, 1.54) is 24.3 Å². The van der Waals surface area contributed by atoms with E-state index in [1.54, 1.807) is 38.1 Å². The van der Waals surface area contributed by atoms with Gasteiger partial charge in [-0.25, -0.2) is 17.5 Å². The SMILES string of the molecule is CC(C)OC(=O)c1ccc(N(c2ccc(Cl)c([N+](=O)[O-])c2)[SH](=O)=O)c2ccccc12. The number of nitro benzene ring substituents is 1. The fourth-order valence-corrected chi connectivity index (χ4v) is 3.87. The summed E-state index contributed by atoms with van der Waals surface area (Å²) in [5.41, 5.74) is 0.146. The quantitative estimate of drug-likeness (QED) is 0.255. The van der Waals surface area contributed by atoms with Crippen LogP contribution in [0.15, 0.2) is 54.6 Å². The number of hydrogen-bond acceptors (Lipinski definition) is 6. The molecular formula is C20H17ClN2O6S. The van der Waals surface area contributed by atoms with E-state index in [2.05, 4.69) is 0 Å². The van der Waals surface area contributed by atoms with Crippen molar-refractivity contribution in [2.24, 2.45) is 0 Å². The van der Waals surface area contributed by atoms with Gasteiger partial charge in [-0.1, -0.05) is 35.9 Å². The summed E-state index contributed by atoms with van der Waals surface area (Å²) in [5.74, 6) is -0.534. The van der Waals surface area contributed by atoms with Gasteiger partial charge in [0.15, 0.2) is 0 Å². The molecule has 0 aliphatic heterocycles. The number of hydrogen-bond donors (Lipinski definition) is 1. The van der Waals surface area contributed by atoms with Crippen molar-refractivity contribution in [3.63, 3.8) is 0 Å². The molecule has 3 aromatic carbocycles. The van der Waals surface area contributed by atoms with E-state index in [0.29, 0.717) is 10.8 Å². The minimum atomic E-state index is -3.22. The molecular weight excluding hydrogens is 432 g/mol. The van der Waals surface area contributed by atoms with Crippen molar-refractivity contribution in [2.45, 2.75) is 20.0 Å². The molecule has 0 heterocycles. The second kappa shape index (κ2) is 8.68. The number of nitro groups is 1. The standard InChI is InChI=1S/C20H17ClN2O6S/c1-12(2)29-20(24)16-8-10-18(15-6-4-3-5-14(15)16)22(30(27)28)13-7-9-17(21)19(11-13)23(25)26/h3-12,30H,1-2H3. The summed E-state index contributed by atoms with van der Waals surface area (Å²) in [4.78, 5) is 23.0. The Morgan fingerprint density at radius 3 is 2.37 bits per heavy atom. The molecule has 0 aliphatic rings. The van der Waals surface area contributed by atoms with Crippen LogP contribution >= 0.6 is 11.6 Å². The topological polar surface area (TPSA) is 107 Å². The van der Waals surface area contributed by atoms with Crippen LogP contribution in [0.5, 0.6) is 0 Å². The highest BCUT2D eigenvalue weighted by molar-refractivity contribution is 7.74. The third-order valence-corrected chi connectivity index (χ3v) is 5.32. The minimum absolute atomic E-state index is 0.0462. The van der Waals surface area contributed by atoms with Gasteiger partial charge in [-0.05, 0) is 43.5 Å². The number of fused-ring (bicyclic) bond motifs is 1. The molecule has 0 unspecified atom stereocenters. The average molecular weight is 449 g/mol. The Kier molecular flexibility index (Phi) is 6.23. The van der Waals surface area contributed by atoms with Crippen LogP contribution in [0.2, 0.25) is 5.02 Å². The van der Waals surface area contributed by atoms with Crippen molar-refractivity contribution in [2.75, 3.05) is 4.31 Å². The van der Waals surface area contributed by atoms with E-state index in [4.69, 9.17) is 16.3 Å². The van der Waals surface area contributed by atoms with Gasteiger partial charge in [0.25, 0.3) is 5.69 Å². The molecule has 0 aliphatic carbocycles. The zero-order chi connectivity index (χ0) is 22.0. The van der Waals surface area contributed by atoms with Crippen LogP contribution in [0.3, 0.4) is 0 Å². The largest absolute Gasteiger partial charge is 0.459 e. The number of halogens is 1. The lowest BCUT2D eigenvalue weighted by Gasteiger charge is -2.21. The Bertz CT molecular complexity index is 1220. The number of carbonyl (C=O) groups excluding carboxylic acids is 1. The lowest BCUT2D eigenvalue weighted by Crippen LogP contribution is -2.16. The van der Waals surface area contributed by atoms with E-state index in [0.717, 1.165) is 10.4 Å². The molecule has 0 saturated heterocycles. The van der Waals surface area contributed by atoms with Gasteiger partial charge >= 0.3 is 5.97 Å². The highest BCUT2D eigenvalue weighted by Gasteiger charge is 2.22. The van der Waals surface area contributed by atoms with E-state index in [9.17, 15) is 23.3 Å². The Morgan fingerprint density at radius 1 is 1.10 bits per heavy atom. The lowest BCUT2D eigenvalue weighted by atomic mass is 10.0.